The van der Waals surface area contributed by atoms with Crippen molar-refractivity contribution in [1.29, 1.82) is 0 Å². The van der Waals surface area contributed by atoms with E-state index < -0.39 is 5.97 Å². The van der Waals surface area contributed by atoms with Crippen LogP contribution in [0.4, 0.5) is 0 Å². The maximum atomic E-state index is 12.1. The fourth-order valence-corrected chi connectivity index (χ4v) is 2.62. The number of amides is 1. The van der Waals surface area contributed by atoms with Crippen molar-refractivity contribution in [2.75, 3.05) is 19.7 Å². The van der Waals surface area contributed by atoms with Crippen molar-refractivity contribution in [3.8, 4) is 0 Å². The molecule has 0 radical (unpaired) electrons. The van der Waals surface area contributed by atoms with Gasteiger partial charge in [0.15, 0.2) is 0 Å². The summed E-state index contributed by atoms with van der Waals surface area (Å²) in [6.07, 6.45) is 1.03. The van der Waals surface area contributed by atoms with Crippen molar-refractivity contribution >= 4 is 23.2 Å². The zero-order chi connectivity index (χ0) is 13.1. The predicted octanol–water partition coefficient (Wildman–Crippen LogP) is 1.80. The Morgan fingerprint density at radius 3 is 3.00 bits per heavy atom. The Morgan fingerprint density at radius 1 is 1.61 bits per heavy atom. The van der Waals surface area contributed by atoms with Crippen molar-refractivity contribution in [1.82, 2.24) is 9.88 Å². The molecule has 1 aromatic heterocycles. The van der Waals surface area contributed by atoms with E-state index in [1.807, 2.05) is 0 Å². The normalized spacial score (nSPS) is 19.0. The molecule has 0 aliphatic carbocycles. The minimum absolute atomic E-state index is 0.0915. The Labute approximate surface area is 110 Å². The molecular weight excluding hydrogens is 252 g/mol. The molecule has 1 aliphatic heterocycles. The lowest BCUT2D eigenvalue weighted by Gasteiger charge is -2.13. The zero-order valence-corrected chi connectivity index (χ0v) is 11.3. The molecule has 1 saturated heterocycles. The number of likely N-dealkylation sites (tertiary alicyclic amines) is 1. The molecule has 2 heterocycles. The molecule has 1 fully saturated rings. The van der Waals surface area contributed by atoms with E-state index in [1.54, 1.807) is 17.2 Å². The summed E-state index contributed by atoms with van der Waals surface area (Å²) >= 11 is 1.15. The van der Waals surface area contributed by atoms with Gasteiger partial charge in [0, 0.05) is 18.5 Å². The Hall–Kier alpha value is -1.43. The summed E-state index contributed by atoms with van der Waals surface area (Å²) in [6, 6.07) is 0. The van der Waals surface area contributed by atoms with E-state index in [0.29, 0.717) is 18.2 Å². The number of rotatable bonds is 3. The summed E-state index contributed by atoms with van der Waals surface area (Å²) < 4.78 is 4.85. The third kappa shape index (κ3) is 2.69. The van der Waals surface area contributed by atoms with Crippen molar-refractivity contribution in [3.05, 3.63) is 16.1 Å². The number of hydrogen-bond donors (Lipinski definition) is 0. The second-order valence-electron chi connectivity index (χ2n) is 4.40. The average molecular weight is 268 g/mol. The molecule has 1 atom stereocenters. The van der Waals surface area contributed by atoms with Crippen LogP contribution in [-0.4, -0.2) is 41.5 Å². The van der Waals surface area contributed by atoms with Gasteiger partial charge in [-0.25, -0.2) is 9.78 Å². The van der Waals surface area contributed by atoms with Gasteiger partial charge in [0.1, 0.15) is 5.69 Å². The van der Waals surface area contributed by atoms with Gasteiger partial charge in [-0.15, -0.1) is 11.3 Å². The first-order chi connectivity index (χ1) is 8.61. The fraction of sp³-hybridized carbons (Fsp3) is 0.583. The van der Waals surface area contributed by atoms with Gasteiger partial charge in [-0.2, -0.15) is 0 Å². The number of carbonyl (C=O) groups is 2. The van der Waals surface area contributed by atoms with Gasteiger partial charge in [-0.05, 0) is 19.3 Å². The van der Waals surface area contributed by atoms with E-state index in [1.165, 1.54) is 0 Å². The van der Waals surface area contributed by atoms with Crippen molar-refractivity contribution in [2.45, 2.75) is 20.3 Å². The lowest BCUT2D eigenvalue weighted by atomic mass is 10.2. The molecule has 0 spiro atoms. The highest BCUT2D eigenvalue weighted by atomic mass is 32.1. The van der Waals surface area contributed by atoms with Gasteiger partial charge in [0.2, 0.25) is 5.01 Å². The summed E-state index contributed by atoms with van der Waals surface area (Å²) in [7, 11) is 0. The van der Waals surface area contributed by atoms with Crippen LogP contribution in [0.1, 0.15) is 40.6 Å². The Morgan fingerprint density at radius 2 is 2.39 bits per heavy atom. The molecule has 18 heavy (non-hydrogen) atoms. The van der Waals surface area contributed by atoms with Crippen LogP contribution >= 0.6 is 11.3 Å². The van der Waals surface area contributed by atoms with Gasteiger partial charge in [-0.3, -0.25) is 4.79 Å². The summed E-state index contributed by atoms with van der Waals surface area (Å²) in [5.41, 5.74) is 0.345. The second kappa shape index (κ2) is 5.48. The molecule has 0 saturated carbocycles. The standard InChI is InChI=1S/C12H16N2O3S/c1-3-17-12(16)10-13-9(7-18-10)11(15)14-5-4-8(2)6-14/h7-8H,3-6H2,1-2H3. The predicted molar refractivity (Wildman–Crippen MR) is 67.8 cm³/mol. The van der Waals surface area contributed by atoms with E-state index in [2.05, 4.69) is 11.9 Å². The summed E-state index contributed by atoms with van der Waals surface area (Å²) in [5.74, 6) is -0.0143. The van der Waals surface area contributed by atoms with Crippen LogP contribution in [0.3, 0.4) is 0 Å². The molecule has 1 amide bonds. The minimum atomic E-state index is -0.462. The van der Waals surface area contributed by atoms with Crippen LogP contribution in [0.5, 0.6) is 0 Å². The Kier molecular flexibility index (Phi) is 3.96. The SMILES string of the molecule is CCOC(=O)c1nc(C(=O)N2CCC(C)C2)cs1. The number of carbonyl (C=O) groups excluding carboxylic acids is 2. The fourth-order valence-electron chi connectivity index (χ4n) is 1.94. The molecule has 1 aromatic rings. The second-order valence-corrected chi connectivity index (χ2v) is 5.26. The molecule has 0 bridgehead atoms. The van der Waals surface area contributed by atoms with Gasteiger partial charge >= 0.3 is 5.97 Å². The molecular formula is C12H16N2O3S. The largest absolute Gasteiger partial charge is 0.461 e. The first-order valence-electron chi connectivity index (χ1n) is 6.03. The number of esters is 1. The van der Waals surface area contributed by atoms with Crippen LogP contribution in [0, 0.1) is 5.92 Å². The van der Waals surface area contributed by atoms with E-state index in [-0.39, 0.29) is 10.9 Å². The first kappa shape index (κ1) is 13.0. The van der Waals surface area contributed by atoms with Gasteiger partial charge < -0.3 is 9.64 Å². The van der Waals surface area contributed by atoms with Crippen LogP contribution in [0.25, 0.3) is 0 Å². The van der Waals surface area contributed by atoms with Crippen LogP contribution < -0.4 is 0 Å². The Bertz CT molecular complexity index is 458. The van der Waals surface area contributed by atoms with Crippen molar-refractivity contribution in [3.63, 3.8) is 0 Å². The van der Waals surface area contributed by atoms with Crippen LogP contribution in [-0.2, 0) is 4.74 Å². The number of ether oxygens (including phenoxy) is 1. The highest BCUT2D eigenvalue weighted by Gasteiger charge is 2.26. The smallest absolute Gasteiger partial charge is 0.367 e. The third-order valence-electron chi connectivity index (χ3n) is 2.88. The molecule has 0 N–H and O–H groups in total. The summed E-state index contributed by atoms with van der Waals surface area (Å²) in [6.45, 7) is 5.71. The summed E-state index contributed by atoms with van der Waals surface area (Å²) in [5, 5.41) is 1.87. The van der Waals surface area contributed by atoms with Crippen LogP contribution in [0.15, 0.2) is 5.38 Å². The lowest BCUT2D eigenvalue weighted by molar-refractivity contribution is 0.0526. The topological polar surface area (TPSA) is 59.5 Å². The van der Waals surface area contributed by atoms with Gasteiger partial charge in [-0.1, -0.05) is 6.92 Å². The highest BCUT2D eigenvalue weighted by molar-refractivity contribution is 7.11. The Balaban J connectivity index is 2.05. The number of aromatic nitrogens is 1. The number of hydrogen-bond acceptors (Lipinski definition) is 5. The highest BCUT2D eigenvalue weighted by Crippen LogP contribution is 2.19. The van der Waals surface area contributed by atoms with Crippen molar-refractivity contribution < 1.29 is 14.3 Å². The molecule has 2 rings (SSSR count). The molecule has 1 aliphatic rings. The number of thiazole rings is 1. The molecule has 5 nitrogen and oxygen atoms in total. The van der Waals surface area contributed by atoms with Gasteiger partial charge in [0.05, 0.1) is 6.61 Å². The zero-order valence-electron chi connectivity index (χ0n) is 10.5. The quantitative estimate of drug-likeness (QED) is 0.784. The van der Waals surface area contributed by atoms with E-state index in [4.69, 9.17) is 4.74 Å². The van der Waals surface area contributed by atoms with E-state index in [9.17, 15) is 9.59 Å². The van der Waals surface area contributed by atoms with Gasteiger partial charge in [0.25, 0.3) is 5.91 Å². The monoisotopic (exact) mass is 268 g/mol. The molecule has 0 aromatic carbocycles. The van der Waals surface area contributed by atoms with E-state index in [0.717, 1.165) is 30.8 Å². The lowest BCUT2D eigenvalue weighted by Crippen LogP contribution is -2.28. The number of nitrogens with zero attached hydrogens (tertiary/aromatic N) is 2. The third-order valence-corrected chi connectivity index (χ3v) is 3.71. The molecule has 6 heteroatoms. The molecule has 98 valence electrons. The first-order valence-corrected chi connectivity index (χ1v) is 6.91. The average Bonchev–Trinajstić information content (AvgIpc) is 2.97. The minimum Gasteiger partial charge on any atom is -0.461 e. The molecule has 1 unspecified atom stereocenters. The van der Waals surface area contributed by atoms with Crippen LogP contribution in [0.2, 0.25) is 0 Å². The summed E-state index contributed by atoms with van der Waals surface area (Å²) in [4.78, 5) is 29.4. The van der Waals surface area contributed by atoms with E-state index >= 15 is 0 Å². The maximum Gasteiger partial charge on any atom is 0.367 e. The van der Waals surface area contributed by atoms with Crippen molar-refractivity contribution in [2.24, 2.45) is 5.92 Å². The maximum absolute atomic E-state index is 12.1.